The summed E-state index contributed by atoms with van der Waals surface area (Å²) >= 11 is 0. The summed E-state index contributed by atoms with van der Waals surface area (Å²) in [7, 11) is 3.31. The van der Waals surface area contributed by atoms with E-state index >= 15 is 0 Å². The van der Waals surface area contributed by atoms with Crippen LogP contribution in [0.1, 0.15) is 32.1 Å². The summed E-state index contributed by atoms with van der Waals surface area (Å²) in [5.41, 5.74) is 2.64. The number of methoxy groups -OCH3 is 2. The van der Waals surface area contributed by atoms with Crippen LogP contribution >= 0.6 is 0 Å². The highest BCUT2D eigenvalue weighted by Crippen LogP contribution is 2.29. The third-order valence-corrected chi connectivity index (χ3v) is 2.86. The fraction of sp³-hybridized carbons (Fsp3) is 0.818. The van der Waals surface area contributed by atoms with E-state index in [0.29, 0.717) is 0 Å². The van der Waals surface area contributed by atoms with Crippen molar-refractivity contribution in [3.63, 3.8) is 0 Å². The van der Waals surface area contributed by atoms with E-state index in [0.717, 1.165) is 25.7 Å². The first-order valence-electron chi connectivity index (χ1n) is 5.18. The maximum absolute atomic E-state index is 9.10. The van der Waals surface area contributed by atoms with Crippen LogP contribution in [0.5, 0.6) is 0 Å². The van der Waals surface area contributed by atoms with Gasteiger partial charge in [-0.15, -0.1) is 0 Å². The predicted molar refractivity (Wildman–Crippen MR) is 55.0 cm³/mol. The molecule has 1 aliphatic rings. The maximum atomic E-state index is 9.10. The predicted octanol–water partition coefficient (Wildman–Crippen LogP) is 1.86. The molecule has 0 amide bonds. The molecular formula is C11H20O3. The Morgan fingerprint density at radius 2 is 1.86 bits per heavy atom. The van der Waals surface area contributed by atoms with E-state index in [-0.39, 0.29) is 12.9 Å². The van der Waals surface area contributed by atoms with Crippen LogP contribution in [0.25, 0.3) is 0 Å². The highest BCUT2D eigenvalue weighted by Gasteiger charge is 2.15. The Labute approximate surface area is 85.7 Å². The average Bonchev–Trinajstić information content (AvgIpc) is 2.67. The highest BCUT2D eigenvalue weighted by atomic mass is 16.7. The van der Waals surface area contributed by atoms with Crippen molar-refractivity contribution in [1.29, 1.82) is 0 Å². The first kappa shape index (κ1) is 11.7. The van der Waals surface area contributed by atoms with E-state index in [1.165, 1.54) is 17.6 Å². The lowest BCUT2D eigenvalue weighted by Gasteiger charge is -2.13. The summed E-state index contributed by atoms with van der Waals surface area (Å²) in [5, 5.41) is 9.10. The SMILES string of the molecule is COC(CCC1=C(CO)CCC1)OC. The molecule has 1 N–H and O–H groups in total. The van der Waals surface area contributed by atoms with Crippen LogP contribution in [0.3, 0.4) is 0 Å². The molecule has 0 fully saturated rings. The molecule has 0 bridgehead atoms. The van der Waals surface area contributed by atoms with Gasteiger partial charge < -0.3 is 14.6 Å². The molecule has 0 unspecified atom stereocenters. The minimum absolute atomic E-state index is 0.108. The molecule has 0 saturated carbocycles. The lowest BCUT2D eigenvalue weighted by atomic mass is 10.1. The van der Waals surface area contributed by atoms with E-state index < -0.39 is 0 Å². The van der Waals surface area contributed by atoms with Crippen LogP contribution in [0.4, 0.5) is 0 Å². The van der Waals surface area contributed by atoms with Crippen LogP contribution in [-0.2, 0) is 9.47 Å². The number of rotatable bonds is 6. The van der Waals surface area contributed by atoms with Crippen molar-refractivity contribution in [2.24, 2.45) is 0 Å². The Kier molecular flexibility index (Phi) is 5.15. The van der Waals surface area contributed by atoms with Gasteiger partial charge in [0.05, 0.1) is 6.61 Å². The van der Waals surface area contributed by atoms with Gasteiger partial charge >= 0.3 is 0 Å². The minimum atomic E-state index is -0.108. The zero-order chi connectivity index (χ0) is 10.4. The summed E-state index contributed by atoms with van der Waals surface area (Å²) in [6.45, 7) is 0.222. The Morgan fingerprint density at radius 3 is 2.43 bits per heavy atom. The molecular weight excluding hydrogens is 180 g/mol. The van der Waals surface area contributed by atoms with Gasteiger partial charge in [-0.2, -0.15) is 0 Å². The lowest BCUT2D eigenvalue weighted by Crippen LogP contribution is -2.12. The Morgan fingerprint density at radius 1 is 1.21 bits per heavy atom. The van der Waals surface area contributed by atoms with Gasteiger partial charge in [0, 0.05) is 20.6 Å². The lowest BCUT2D eigenvalue weighted by molar-refractivity contribution is -0.105. The zero-order valence-electron chi connectivity index (χ0n) is 9.08. The number of aliphatic hydroxyl groups excluding tert-OH is 1. The standard InChI is InChI=1S/C11H20O3/c1-13-11(14-2)7-6-9-4-3-5-10(9)8-12/h11-12H,3-8H2,1-2H3. The largest absolute Gasteiger partial charge is 0.392 e. The summed E-state index contributed by atoms with van der Waals surface area (Å²) in [4.78, 5) is 0. The van der Waals surface area contributed by atoms with E-state index in [1.54, 1.807) is 14.2 Å². The van der Waals surface area contributed by atoms with Crippen molar-refractivity contribution < 1.29 is 14.6 Å². The van der Waals surface area contributed by atoms with Gasteiger partial charge in [0.2, 0.25) is 0 Å². The van der Waals surface area contributed by atoms with Crippen LogP contribution in [-0.4, -0.2) is 32.2 Å². The van der Waals surface area contributed by atoms with E-state index in [1.807, 2.05) is 0 Å². The molecule has 1 aliphatic carbocycles. The van der Waals surface area contributed by atoms with Crippen molar-refractivity contribution in [1.82, 2.24) is 0 Å². The maximum Gasteiger partial charge on any atom is 0.157 e. The van der Waals surface area contributed by atoms with Gasteiger partial charge in [0.15, 0.2) is 6.29 Å². The summed E-state index contributed by atoms with van der Waals surface area (Å²) < 4.78 is 10.2. The van der Waals surface area contributed by atoms with Crippen molar-refractivity contribution in [3.8, 4) is 0 Å². The van der Waals surface area contributed by atoms with Crippen molar-refractivity contribution in [2.45, 2.75) is 38.4 Å². The molecule has 3 heteroatoms. The fourth-order valence-electron chi connectivity index (χ4n) is 1.99. The number of ether oxygens (including phenoxy) is 2. The molecule has 0 heterocycles. The zero-order valence-corrected chi connectivity index (χ0v) is 9.08. The monoisotopic (exact) mass is 200 g/mol. The second-order valence-corrected chi connectivity index (χ2v) is 3.66. The van der Waals surface area contributed by atoms with Crippen LogP contribution in [0.15, 0.2) is 11.1 Å². The van der Waals surface area contributed by atoms with Gasteiger partial charge in [-0.3, -0.25) is 0 Å². The third kappa shape index (κ3) is 3.08. The normalized spacial score (nSPS) is 17.1. The van der Waals surface area contributed by atoms with Crippen LogP contribution in [0.2, 0.25) is 0 Å². The molecule has 82 valence electrons. The van der Waals surface area contributed by atoms with Gasteiger partial charge in [0.25, 0.3) is 0 Å². The molecule has 0 radical (unpaired) electrons. The molecule has 14 heavy (non-hydrogen) atoms. The minimum Gasteiger partial charge on any atom is -0.392 e. The molecule has 0 atom stereocenters. The molecule has 0 aromatic carbocycles. The van der Waals surface area contributed by atoms with Crippen LogP contribution in [0, 0.1) is 0 Å². The molecule has 0 spiro atoms. The Bertz CT molecular complexity index is 195. The van der Waals surface area contributed by atoms with Gasteiger partial charge in [-0.25, -0.2) is 0 Å². The second-order valence-electron chi connectivity index (χ2n) is 3.66. The van der Waals surface area contributed by atoms with E-state index in [9.17, 15) is 0 Å². The third-order valence-electron chi connectivity index (χ3n) is 2.86. The van der Waals surface area contributed by atoms with Gasteiger partial charge in [-0.05, 0) is 31.3 Å². The molecule has 3 nitrogen and oxygen atoms in total. The summed E-state index contributed by atoms with van der Waals surface area (Å²) in [5.74, 6) is 0. The van der Waals surface area contributed by atoms with E-state index in [4.69, 9.17) is 14.6 Å². The highest BCUT2D eigenvalue weighted by molar-refractivity contribution is 5.19. The van der Waals surface area contributed by atoms with Crippen molar-refractivity contribution >= 4 is 0 Å². The number of hydrogen-bond donors (Lipinski definition) is 1. The summed E-state index contributed by atoms with van der Waals surface area (Å²) in [6, 6.07) is 0. The quantitative estimate of drug-likeness (QED) is 0.525. The van der Waals surface area contributed by atoms with Gasteiger partial charge in [-0.1, -0.05) is 5.57 Å². The number of hydrogen-bond acceptors (Lipinski definition) is 3. The first-order valence-corrected chi connectivity index (χ1v) is 5.18. The Balaban J connectivity index is 2.36. The number of aliphatic hydroxyl groups is 1. The fourth-order valence-corrected chi connectivity index (χ4v) is 1.99. The molecule has 1 rings (SSSR count). The first-order chi connectivity index (χ1) is 6.81. The topological polar surface area (TPSA) is 38.7 Å². The average molecular weight is 200 g/mol. The molecule has 0 aromatic rings. The van der Waals surface area contributed by atoms with E-state index in [2.05, 4.69) is 0 Å². The van der Waals surface area contributed by atoms with Crippen molar-refractivity contribution in [3.05, 3.63) is 11.1 Å². The molecule has 0 aromatic heterocycles. The summed E-state index contributed by atoms with van der Waals surface area (Å²) in [6.07, 6.45) is 5.15. The molecule has 0 saturated heterocycles. The number of allylic oxidation sites excluding steroid dienone is 1. The van der Waals surface area contributed by atoms with Crippen LogP contribution < -0.4 is 0 Å². The van der Waals surface area contributed by atoms with Gasteiger partial charge in [0.1, 0.15) is 0 Å². The second kappa shape index (κ2) is 6.17. The smallest absolute Gasteiger partial charge is 0.157 e. The molecule has 0 aliphatic heterocycles. The Hall–Kier alpha value is -0.380. The van der Waals surface area contributed by atoms with Crippen molar-refractivity contribution in [2.75, 3.05) is 20.8 Å².